The molecular weight excluding hydrogens is 318 g/mol. The van der Waals surface area contributed by atoms with Crippen LogP contribution >= 0.6 is 0 Å². The number of carbonyl (C=O) groups is 2. The summed E-state index contributed by atoms with van der Waals surface area (Å²) in [5.74, 6) is -0.476. The maximum Gasteiger partial charge on any atom is 0.328 e. The van der Waals surface area contributed by atoms with Crippen LogP contribution in [-0.2, 0) is 20.7 Å². The summed E-state index contributed by atoms with van der Waals surface area (Å²) in [5, 5.41) is 7.23. The molecule has 0 unspecified atom stereocenters. The van der Waals surface area contributed by atoms with Crippen molar-refractivity contribution >= 4 is 22.8 Å². The molecule has 3 N–H and O–H groups in total. The van der Waals surface area contributed by atoms with Gasteiger partial charge in [-0.3, -0.25) is 4.79 Å². The molecule has 1 atom stereocenters. The fraction of sp³-hybridized carbons (Fsp3) is 0.474. The lowest BCUT2D eigenvalue weighted by Gasteiger charge is -2.24. The van der Waals surface area contributed by atoms with Crippen LogP contribution in [0.1, 0.15) is 25.3 Å². The van der Waals surface area contributed by atoms with Gasteiger partial charge in [-0.25, -0.2) is 4.79 Å². The largest absolute Gasteiger partial charge is 0.464 e. The van der Waals surface area contributed by atoms with E-state index in [9.17, 15) is 9.59 Å². The van der Waals surface area contributed by atoms with Crippen molar-refractivity contribution in [1.29, 1.82) is 0 Å². The summed E-state index contributed by atoms with van der Waals surface area (Å²) < 4.78 is 5.18. The predicted octanol–water partition coefficient (Wildman–Crippen LogP) is 1.76. The Morgan fingerprint density at radius 2 is 2.04 bits per heavy atom. The summed E-state index contributed by atoms with van der Waals surface area (Å²) in [4.78, 5) is 28.1. The van der Waals surface area contributed by atoms with E-state index in [1.807, 2.05) is 30.5 Å². The van der Waals surface area contributed by atoms with Crippen LogP contribution in [0.2, 0.25) is 0 Å². The molecule has 1 aromatic carbocycles. The van der Waals surface area contributed by atoms with Crippen LogP contribution in [0, 0.1) is 5.92 Å². The molecule has 3 rings (SSSR count). The van der Waals surface area contributed by atoms with E-state index in [1.165, 1.54) is 0 Å². The molecule has 1 aliphatic heterocycles. The number of amides is 1. The van der Waals surface area contributed by atoms with E-state index in [4.69, 9.17) is 4.74 Å². The van der Waals surface area contributed by atoms with Gasteiger partial charge in [0.25, 0.3) is 0 Å². The van der Waals surface area contributed by atoms with Crippen LogP contribution < -0.4 is 10.6 Å². The van der Waals surface area contributed by atoms with E-state index in [0.717, 1.165) is 42.4 Å². The molecule has 134 valence electrons. The number of hydrogen-bond acceptors (Lipinski definition) is 4. The number of esters is 1. The van der Waals surface area contributed by atoms with Crippen LogP contribution in [0.25, 0.3) is 10.9 Å². The summed E-state index contributed by atoms with van der Waals surface area (Å²) in [6.07, 6.45) is 3.91. The number of hydrogen-bond donors (Lipinski definition) is 3. The highest BCUT2D eigenvalue weighted by Gasteiger charge is 2.28. The number of rotatable bonds is 6. The molecule has 2 heterocycles. The second kappa shape index (κ2) is 8.16. The number of piperidine rings is 1. The van der Waals surface area contributed by atoms with Crippen LogP contribution in [0.5, 0.6) is 0 Å². The van der Waals surface area contributed by atoms with Crippen LogP contribution in [-0.4, -0.2) is 42.6 Å². The summed E-state index contributed by atoms with van der Waals surface area (Å²) in [5.41, 5.74) is 2.02. The molecule has 1 fully saturated rings. The molecule has 0 spiro atoms. The number of fused-ring (bicyclic) bond motifs is 1. The lowest BCUT2D eigenvalue weighted by atomic mass is 9.96. The Morgan fingerprint density at radius 3 is 2.80 bits per heavy atom. The van der Waals surface area contributed by atoms with Gasteiger partial charge in [-0.05, 0) is 44.5 Å². The van der Waals surface area contributed by atoms with Crippen molar-refractivity contribution in [2.45, 2.75) is 32.2 Å². The zero-order chi connectivity index (χ0) is 17.6. The molecule has 1 aromatic heterocycles. The zero-order valence-corrected chi connectivity index (χ0v) is 14.5. The molecule has 0 saturated carbocycles. The fourth-order valence-electron chi connectivity index (χ4n) is 3.33. The van der Waals surface area contributed by atoms with Gasteiger partial charge in [0.15, 0.2) is 0 Å². The Bertz CT molecular complexity index is 734. The molecule has 25 heavy (non-hydrogen) atoms. The minimum Gasteiger partial charge on any atom is -0.464 e. The van der Waals surface area contributed by atoms with Crippen molar-refractivity contribution in [2.24, 2.45) is 5.92 Å². The number of nitrogens with one attached hydrogen (secondary N) is 3. The third kappa shape index (κ3) is 4.20. The van der Waals surface area contributed by atoms with E-state index < -0.39 is 6.04 Å². The van der Waals surface area contributed by atoms with Gasteiger partial charge in [-0.15, -0.1) is 0 Å². The molecule has 6 nitrogen and oxygen atoms in total. The van der Waals surface area contributed by atoms with Crippen molar-refractivity contribution in [1.82, 2.24) is 15.6 Å². The van der Waals surface area contributed by atoms with Gasteiger partial charge in [-0.2, -0.15) is 0 Å². The van der Waals surface area contributed by atoms with Crippen LogP contribution in [0.3, 0.4) is 0 Å². The van der Waals surface area contributed by atoms with Crippen LogP contribution in [0.15, 0.2) is 30.5 Å². The van der Waals surface area contributed by atoms with Crippen LogP contribution in [0.4, 0.5) is 0 Å². The maximum atomic E-state index is 12.6. The third-order valence-corrected chi connectivity index (χ3v) is 4.70. The summed E-state index contributed by atoms with van der Waals surface area (Å²) >= 11 is 0. The number of benzene rings is 1. The average Bonchev–Trinajstić information content (AvgIpc) is 3.05. The zero-order valence-electron chi connectivity index (χ0n) is 14.5. The highest BCUT2D eigenvalue weighted by Crippen LogP contribution is 2.20. The number of aromatic amines is 1. The molecule has 0 radical (unpaired) electrons. The predicted molar refractivity (Wildman–Crippen MR) is 96.2 cm³/mol. The number of H-pyrrole nitrogens is 1. The Hall–Kier alpha value is -2.34. The summed E-state index contributed by atoms with van der Waals surface area (Å²) in [6, 6.07) is 7.27. The summed E-state index contributed by atoms with van der Waals surface area (Å²) in [7, 11) is 0. The Morgan fingerprint density at radius 1 is 1.28 bits per heavy atom. The molecule has 6 heteroatoms. The first kappa shape index (κ1) is 17.5. The first-order chi connectivity index (χ1) is 12.2. The molecule has 0 aliphatic carbocycles. The van der Waals surface area contributed by atoms with Crippen molar-refractivity contribution in [3.63, 3.8) is 0 Å². The van der Waals surface area contributed by atoms with E-state index >= 15 is 0 Å². The topological polar surface area (TPSA) is 83.2 Å². The van der Waals surface area contributed by atoms with E-state index in [-0.39, 0.29) is 17.8 Å². The molecule has 1 amide bonds. The molecule has 1 aliphatic rings. The highest BCUT2D eigenvalue weighted by atomic mass is 16.5. The average molecular weight is 343 g/mol. The Labute approximate surface area is 147 Å². The lowest BCUT2D eigenvalue weighted by Crippen LogP contribution is -2.47. The van der Waals surface area contributed by atoms with Crippen molar-refractivity contribution in [3.05, 3.63) is 36.0 Å². The SMILES string of the molecule is CCOC(=O)[C@H](Cc1c[nH]c2ccccc12)NC(=O)C1CCNCC1. The molecule has 1 saturated heterocycles. The normalized spacial score (nSPS) is 16.5. The lowest BCUT2D eigenvalue weighted by molar-refractivity contribution is -0.147. The molecule has 0 bridgehead atoms. The smallest absolute Gasteiger partial charge is 0.328 e. The maximum absolute atomic E-state index is 12.6. The standard InChI is InChI=1S/C19H25N3O3/c1-2-25-19(24)17(22-18(23)13-7-9-20-10-8-13)11-14-12-21-16-6-4-3-5-15(14)16/h3-6,12-13,17,20-21H,2,7-11H2,1H3,(H,22,23)/t17-/m0/s1. The van der Waals surface area contributed by atoms with Gasteiger partial charge in [0.2, 0.25) is 5.91 Å². The van der Waals surface area contributed by atoms with Gasteiger partial charge >= 0.3 is 5.97 Å². The van der Waals surface area contributed by atoms with Crippen molar-refractivity contribution in [3.8, 4) is 0 Å². The number of ether oxygens (including phenoxy) is 1. The molecular formula is C19H25N3O3. The van der Waals surface area contributed by atoms with Crippen molar-refractivity contribution < 1.29 is 14.3 Å². The van der Waals surface area contributed by atoms with Gasteiger partial charge < -0.3 is 20.4 Å². The number of para-hydroxylation sites is 1. The second-order valence-corrected chi connectivity index (χ2v) is 6.40. The number of carbonyl (C=O) groups excluding carboxylic acids is 2. The van der Waals surface area contributed by atoms with Gasteiger partial charge in [-0.1, -0.05) is 18.2 Å². The Kier molecular flexibility index (Phi) is 5.71. The third-order valence-electron chi connectivity index (χ3n) is 4.70. The number of aromatic nitrogens is 1. The monoisotopic (exact) mass is 343 g/mol. The second-order valence-electron chi connectivity index (χ2n) is 6.40. The molecule has 2 aromatic rings. The van der Waals surface area contributed by atoms with E-state index in [1.54, 1.807) is 6.92 Å². The minimum absolute atomic E-state index is 0.0406. The van der Waals surface area contributed by atoms with Gasteiger partial charge in [0.1, 0.15) is 6.04 Å². The minimum atomic E-state index is -0.665. The summed E-state index contributed by atoms with van der Waals surface area (Å²) in [6.45, 7) is 3.75. The quantitative estimate of drug-likeness (QED) is 0.698. The van der Waals surface area contributed by atoms with Gasteiger partial charge in [0.05, 0.1) is 6.61 Å². The highest BCUT2D eigenvalue weighted by molar-refractivity contribution is 5.88. The van der Waals surface area contributed by atoms with E-state index in [2.05, 4.69) is 15.6 Å². The van der Waals surface area contributed by atoms with E-state index in [0.29, 0.717) is 13.0 Å². The van der Waals surface area contributed by atoms with Crippen molar-refractivity contribution in [2.75, 3.05) is 19.7 Å². The van der Waals surface area contributed by atoms with Gasteiger partial charge in [0, 0.05) is 29.4 Å². The first-order valence-corrected chi connectivity index (χ1v) is 8.91. The fourth-order valence-corrected chi connectivity index (χ4v) is 3.33. The first-order valence-electron chi connectivity index (χ1n) is 8.91. The Balaban J connectivity index is 1.74.